The molecule has 2 aromatic rings. The van der Waals surface area contributed by atoms with Crippen LogP contribution >= 0.6 is 0 Å². The van der Waals surface area contributed by atoms with E-state index < -0.39 is 5.82 Å². The molecule has 1 atom stereocenters. The zero-order chi connectivity index (χ0) is 16.1. The molecule has 1 amide bonds. The first-order valence-corrected chi connectivity index (χ1v) is 7.55. The van der Waals surface area contributed by atoms with Gasteiger partial charge in [0.2, 0.25) is 0 Å². The van der Waals surface area contributed by atoms with Crippen molar-refractivity contribution in [3.05, 3.63) is 65.5 Å². The highest BCUT2D eigenvalue weighted by Gasteiger charge is 2.19. The van der Waals surface area contributed by atoms with Gasteiger partial charge in [0, 0.05) is 13.0 Å². The highest BCUT2D eigenvalue weighted by Crippen LogP contribution is 2.20. The van der Waals surface area contributed by atoms with Gasteiger partial charge in [-0.2, -0.15) is 0 Å². The summed E-state index contributed by atoms with van der Waals surface area (Å²) in [6, 6.07) is 14.1. The number of hydrogen-bond donors (Lipinski definition) is 1. The number of ether oxygens (including phenoxy) is 2. The zero-order valence-electron chi connectivity index (χ0n) is 12.6. The molecular weight excluding hydrogens is 297 g/mol. The third-order valence-corrected chi connectivity index (χ3v) is 3.76. The van der Waals surface area contributed by atoms with Crippen molar-refractivity contribution in [1.29, 1.82) is 0 Å². The largest absolute Gasteiger partial charge is 0.481 e. The smallest absolute Gasteiger partial charge is 0.258 e. The molecule has 1 aliphatic rings. The molecule has 0 bridgehead atoms. The first-order chi connectivity index (χ1) is 11.2. The number of nitrogens with one attached hydrogen (secondary N) is 1. The Morgan fingerprint density at radius 3 is 2.74 bits per heavy atom. The Kier molecular flexibility index (Phi) is 4.88. The summed E-state index contributed by atoms with van der Waals surface area (Å²) in [6.07, 6.45) is 0.715. The number of rotatable bonds is 5. The Morgan fingerprint density at radius 1 is 1.17 bits per heavy atom. The van der Waals surface area contributed by atoms with Crippen molar-refractivity contribution in [2.24, 2.45) is 0 Å². The molecule has 0 unspecified atom stereocenters. The first kappa shape index (κ1) is 15.5. The van der Waals surface area contributed by atoms with Gasteiger partial charge in [-0.05, 0) is 23.3 Å². The Morgan fingerprint density at radius 2 is 1.91 bits per heavy atom. The number of carbonyl (C=O) groups is 1. The van der Waals surface area contributed by atoms with Crippen molar-refractivity contribution in [3.8, 4) is 5.75 Å². The van der Waals surface area contributed by atoms with Crippen molar-refractivity contribution in [1.82, 2.24) is 5.32 Å². The predicted molar refractivity (Wildman–Crippen MR) is 83.6 cm³/mol. The van der Waals surface area contributed by atoms with Crippen LogP contribution in [0.4, 0.5) is 4.39 Å². The van der Waals surface area contributed by atoms with Crippen LogP contribution in [0.2, 0.25) is 0 Å². The SMILES string of the molecule is O=C(COc1ccccc1F)NC[C@@H]1Cc2ccccc2CO1. The molecule has 0 aliphatic carbocycles. The van der Waals surface area contributed by atoms with Crippen LogP contribution in [0.25, 0.3) is 0 Å². The fourth-order valence-electron chi connectivity index (χ4n) is 2.52. The van der Waals surface area contributed by atoms with Crippen molar-refractivity contribution in [3.63, 3.8) is 0 Å². The second-order valence-electron chi connectivity index (χ2n) is 5.43. The maximum atomic E-state index is 13.4. The molecule has 0 spiro atoms. The van der Waals surface area contributed by atoms with Gasteiger partial charge < -0.3 is 14.8 Å². The molecule has 120 valence electrons. The zero-order valence-corrected chi connectivity index (χ0v) is 12.6. The molecule has 1 heterocycles. The van der Waals surface area contributed by atoms with E-state index in [4.69, 9.17) is 9.47 Å². The van der Waals surface area contributed by atoms with Gasteiger partial charge in [-0.3, -0.25) is 4.79 Å². The van der Waals surface area contributed by atoms with Crippen LogP contribution in [0.15, 0.2) is 48.5 Å². The minimum Gasteiger partial charge on any atom is -0.481 e. The molecule has 0 saturated carbocycles. The summed E-state index contributed by atoms with van der Waals surface area (Å²) in [5, 5.41) is 2.76. The lowest BCUT2D eigenvalue weighted by Gasteiger charge is -2.25. The molecule has 0 aromatic heterocycles. The van der Waals surface area contributed by atoms with E-state index in [1.165, 1.54) is 23.3 Å². The summed E-state index contributed by atoms with van der Waals surface area (Å²) >= 11 is 0. The van der Waals surface area contributed by atoms with Gasteiger partial charge in [-0.1, -0.05) is 36.4 Å². The van der Waals surface area contributed by atoms with E-state index in [1.807, 2.05) is 18.2 Å². The second-order valence-corrected chi connectivity index (χ2v) is 5.43. The molecular formula is C18H18FNO3. The van der Waals surface area contributed by atoms with E-state index in [-0.39, 0.29) is 24.4 Å². The van der Waals surface area contributed by atoms with Crippen LogP contribution in [-0.2, 0) is 22.6 Å². The lowest BCUT2D eigenvalue weighted by Crippen LogP contribution is -2.38. The van der Waals surface area contributed by atoms with Crippen LogP contribution in [0.1, 0.15) is 11.1 Å². The number of hydrogen-bond acceptors (Lipinski definition) is 3. The van der Waals surface area contributed by atoms with Gasteiger partial charge in [0.1, 0.15) is 0 Å². The molecule has 4 nitrogen and oxygen atoms in total. The van der Waals surface area contributed by atoms with Crippen molar-refractivity contribution in [2.75, 3.05) is 13.2 Å². The topological polar surface area (TPSA) is 47.6 Å². The fraction of sp³-hybridized carbons (Fsp3) is 0.278. The standard InChI is InChI=1S/C18H18FNO3/c19-16-7-3-4-8-17(16)23-12-18(21)20-10-15-9-13-5-1-2-6-14(13)11-22-15/h1-8,15H,9-12H2,(H,20,21)/t15-/m0/s1. The number of fused-ring (bicyclic) bond motifs is 1. The van der Waals surface area contributed by atoms with Gasteiger partial charge >= 0.3 is 0 Å². The Labute approximate surface area is 134 Å². The molecule has 1 N–H and O–H groups in total. The maximum absolute atomic E-state index is 13.4. The normalized spacial score (nSPS) is 16.5. The minimum absolute atomic E-state index is 0.0534. The Balaban J connectivity index is 1.44. The van der Waals surface area contributed by atoms with E-state index in [9.17, 15) is 9.18 Å². The molecule has 0 radical (unpaired) electrons. The van der Waals surface area contributed by atoms with E-state index in [0.29, 0.717) is 13.2 Å². The van der Waals surface area contributed by atoms with Crippen molar-refractivity contribution >= 4 is 5.91 Å². The van der Waals surface area contributed by atoms with Crippen LogP contribution in [-0.4, -0.2) is 25.2 Å². The lowest BCUT2D eigenvalue weighted by molar-refractivity contribution is -0.123. The van der Waals surface area contributed by atoms with Gasteiger partial charge in [-0.15, -0.1) is 0 Å². The molecule has 1 aliphatic heterocycles. The highest BCUT2D eigenvalue weighted by molar-refractivity contribution is 5.77. The van der Waals surface area contributed by atoms with Crippen molar-refractivity contribution < 1.29 is 18.7 Å². The van der Waals surface area contributed by atoms with E-state index in [1.54, 1.807) is 12.1 Å². The maximum Gasteiger partial charge on any atom is 0.258 e. The molecule has 2 aromatic carbocycles. The minimum atomic E-state index is -0.479. The average Bonchev–Trinajstić information content (AvgIpc) is 2.59. The van der Waals surface area contributed by atoms with Crippen LogP contribution in [0.5, 0.6) is 5.75 Å². The van der Waals surface area contributed by atoms with Crippen LogP contribution in [0, 0.1) is 5.82 Å². The second kappa shape index (κ2) is 7.24. The van der Waals surface area contributed by atoms with E-state index >= 15 is 0 Å². The molecule has 23 heavy (non-hydrogen) atoms. The summed E-state index contributed by atoms with van der Waals surface area (Å²) in [7, 11) is 0. The number of para-hydroxylation sites is 1. The number of halogens is 1. The summed E-state index contributed by atoms with van der Waals surface area (Å²) < 4.78 is 24.3. The predicted octanol–water partition coefficient (Wildman–Crippen LogP) is 2.46. The van der Waals surface area contributed by atoms with Gasteiger partial charge in [0.05, 0.1) is 12.7 Å². The van der Waals surface area contributed by atoms with Gasteiger partial charge in [0.25, 0.3) is 5.91 Å². The first-order valence-electron chi connectivity index (χ1n) is 7.55. The Bertz CT molecular complexity index is 689. The Hall–Kier alpha value is -2.40. The number of carbonyl (C=O) groups excluding carboxylic acids is 1. The van der Waals surface area contributed by atoms with Crippen LogP contribution < -0.4 is 10.1 Å². The monoisotopic (exact) mass is 315 g/mol. The average molecular weight is 315 g/mol. The fourth-order valence-corrected chi connectivity index (χ4v) is 2.52. The third kappa shape index (κ3) is 4.07. The molecule has 0 fully saturated rings. The summed E-state index contributed by atoms with van der Waals surface area (Å²) in [6.45, 7) is 0.750. The summed E-state index contributed by atoms with van der Waals surface area (Å²) in [5.41, 5.74) is 2.44. The van der Waals surface area contributed by atoms with Crippen LogP contribution in [0.3, 0.4) is 0 Å². The van der Waals surface area contributed by atoms with Crippen molar-refractivity contribution in [2.45, 2.75) is 19.1 Å². The molecule has 5 heteroatoms. The summed E-state index contributed by atoms with van der Waals surface area (Å²) in [4.78, 5) is 11.8. The molecule has 3 rings (SSSR count). The summed E-state index contributed by atoms with van der Waals surface area (Å²) in [5.74, 6) is -0.700. The molecule has 0 saturated heterocycles. The van der Waals surface area contributed by atoms with E-state index in [2.05, 4.69) is 11.4 Å². The lowest BCUT2D eigenvalue weighted by atomic mass is 9.99. The van der Waals surface area contributed by atoms with Gasteiger partial charge in [-0.25, -0.2) is 4.39 Å². The quantitative estimate of drug-likeness (QED) is 0.922. The highest BCUT2D eigenvalue weighted by atomic mass is 19.1. The number of amides is 1. The third-order valence-electron chi connectivity index (χ3n) is 3.76. The van der Waals surface area contributed by atoms with E-state index in [0.717, 1.165) is 6.42 Å². The number of benzene rings is 2. The van der Waals surface area contributed by atoms with Gasteiger partial charge in [0.15, 0.2) is 18.2 Å².